The van der Waals surface area contributed by atoms with Gasteiger partial charge in [-0.2, -0.15) is 16.9 Å². The van der Waals surface area contributed by atoms with Crippen molar-refractivity contribution in [2.24, 2.45) is 7.05 Å². The summed E-state index contributed by atoms with van der Waals surface area (Å²) in [5.74, 6) is 0. The van der Waals surface area contributed by atoms with Crippen LogP contribution in [-0.4, -0.2) is 63.4 Å². The maximum absolute atomic E-state index is 12.5. The van der Waals surface area contributed by atoms with Crippen molar-refractivity contribution in [2.45, 2.75) is 36.8 Å². The molecule has 2 saturated heterocycles. The molecule has 3 rings (SSSR count). The minimum absolute atomic E-state index is 0.0945. The minimum Gasteiger partial charge on any atom is -0.367 e. The number of anilines is 1. The third-order valence-electron chi connectivity index (χ3n) is 4.28. The fourth-order valence-corrected chi connectivity index (χ4v) is 4.62. The van der Waals surface area contributed by atoms with Gasteiger partial charge in [-0.25, -0.2) is 4.79 Å². The number of thioether (sulfide) groups is 1. The molecule has 0 saturated carbocycles. The van der Waals surface area contributed by atoms with E-state index in [0.717, 1.165) is 38.3 Å². The molecule has 7 heteroatoms. The first-order chi connectivity index (χ1) is 10.5. The molecule has 1 aromatic rings. The third-order valence-corrected chi connectivity index (χ3v) is 5.51. The highest BCUT2D eigenvalue weighted by Crippen LogP contribution is 2.25. The lowest BCUT2D eigenvalue weighted by atomic mass is 10.2. The Labute approximate surface area is 136 Å². The average Bonchev–Trinajstić information content (AvgIpc) is 3.06. The van der Waals surface area contributed by atoms with E-state index in [-0.39, 0.29) is 12.1 Å². The Morgan fingerprint density at radius 3 is 2.68 bits per heavy atom. The standard InChI is InChI=1S/C15H25N5OS/c1-11-7-20(8-12(2)22-11)15(21)17-13-4-5-19(9-13)14-6-16-18(3)10-14/h6,10-13H,4-5,7-9H2,1-3H3,(H,17,21)/t11-,12+,13-/m0/s1. The molecule has 0 unspecified atom stereocenters. The first-order valence-corrected chi connectivity index (χ1v) is 8.90. The Hall–Kier alpha value is -1.37. The van der Waals surface area contributed by atoms with Crippen LogP contribution in [0.1, 0.15) is 20.3 Å². The summed E-state index contributed by atoms with van der Waals surface area (Å²) in [6, 6.07) is 0.324. The van der Waals surface area contributed by atoms with Gasteiger partial charge in [0.25, 0.3) is 0 Å². The second-order valence-electron chi connectivity index (χ2n) is 6.42. The highest BCUT2D eigenvalue weighted by atomic mass is 32.2. The molecule has 3 heterocycles. The number of nitrogens with one attached hydrogen (secondary N) is 1. The van der Waals surface area contributed by atoms with Crippen LogP contribution in [0, 0.1) is 0 Å². The van der Waals surface area contributed by atoms with Gasteiger partial charge in [-0.1, -0.05) is 13.8 Å². The Bertz CT molecular complexity index is 524. The van der Waals surface area contributed by atoms with E-state index < -0.39 is 0 Å². The number of hydrogen-bond acceptors (Lipinski definition) is 4. The van der Waals surface area contributed by atoms with Gasteiger partial charge in [0.15, 0.2) is 0 Å². The average molecular weight is 323 g/mol. The van der Waals surface area contributed by atoms with Crippen LogP contribution in [0.2, 0.25) is 0 Å². The number of nitrogens with zero attached hydrogens (tertiary/aromatic N) is 4. The van der Waals surface area contributed by atoms with Gasteiger partial charge in [0.05, 0.1) is 11.9 Å². The maximum atomic E-state index is 12.5. The van der Waals surface area contributed by atoms with Crippen molar-refractivity contribution in [1.82, 2.24) is 20.0 Å². The summed E-state index contributed by atoms with van der Waals surface area (Å²) in [7, 11) is 1.93. The zero-order valence-corrected chi connectivity index (χ0v) is 14.3. The number of aryl methyl sites for hydroxylation is 1. The predicted molar refractivity (Wildman–Crippen MR) is 90.4 cm³/mol. The van der Waals surface area contributed by atoms with Crippen LogP contribution in [0.15, 0.2) is 12.4 Å². The van der Waals surface area contributed by atoms with Crippen molar-refractivity contribution >= 4 is 23.5 Å². The number of carbonyl (C=O) groups is 1. The molecule has 2 fully saturated rings. The first-order valence-electron chi connectivity index (χ1n) is 7.95. The second-order valence-corrected chi connectivity index (χ2v) is 8.30. The summed E-state index contributed by atoms with van der Waals surface area (Å²) >= 11 is 1.97. The van der Waals surface area contributed by atoms with Crippen molar-refractivity contribution in [3.63, 3.8) is 0 Å². The van der Waals surface area contributed by atoms with E-state index in [4.69, 9.17) is 0 Å². The predicted octanol–water partition coefficient (Wildman–Crippen LogP) is 1.53. The monoisotopic (exact) mass is 323 g/mol. The summed E-state index contributed by atoms with van der Waals surface area (Å²) < 4.78 is 1.81. The molecule has 122 valence electrons. The van der Waals surface area contributed by atoms with Crippen LogP contribution in [0.4, 0.5) is 10.5 Å². The normalized spacial score (nSPS) is 29.0. The Morgan fingerprint density at radius 2 is 2.05 bits per heavy atom. The van der Waals surface area contributed by atoms with Crippen LogP contribution in [0.5, 0.6) is 0 Å². The first kappa shape index (κ1) is 15.5. The van der Waals surface area contributed by atoms with Gasteiger partial charge in [0.1, 0.15) is 0 Å². The smallest absolute Gasteiger partial charge is 0.317 e. The molecule has 3 atom stereocenters. The molecular weight excluding hydrogens is 298 g/mol. The second kappa shape index (κ2) is 6.40. The molecule has 0 aromatic carbocycles. The summed E-state index contributed by atoms with van der Waals surface area (Å²) in [5.41, 5.74) is 1.14. The van der Waals surface area contributed by atoms with E-state index in [2.05, 4.69) is 29.2 Å². The van der Waals surface area contributed by atoms with E-state index in [1.807, 2.05) is 40.8 Å². The van der Waals surface area contributed by atoms with Crippen LogP contribution in [-0.2, 0) is 7.05 Å². The lowest BCUT2D eigenvalue weighted by Gasteiger charge is -2.35. The van der Waals surface area contributed by atoms with Crippen molar-refractivity contribution in [2.75, 3.05) is 31.1 Å². The molecule has 0 bridgehead atoms. The van der Waals surface area contributed by atoms with E-state index in [1.54, 1.807) is 0 Å². The lowest BCUT2D eigenvalue weighted by Crippen LogP contribution is -2.51. The van der Waals surface area contributed by atoms with Gasteiger partial charge in [-0.3, -0.25) is 4.68 Å². The number of hydrogen-bond donors (Lipinski definition) is 1. The summed E-state index contributed by atoms with van der Waals surface area (Å²) in [5, 5.41) is 8.46. The van der Waals surface area contributed by atoms with Gasteiger partial charge in [-0.15, -0.1) is 0 Å². The molecule has 1 aromatic heterocycles. The van der Waals surface area contributed by atoms with E-state index in [1.165, 1.54) is 0 Å². The van der Waals surface area contributed by atoms with Crippen molar-refractivity contribution < 1.29 is 4.79 Å². The van der Waals surface area contributed by atoms with Gasteiger partial charge >= 0.3 is 6.03 Å². The molecule has 0 aliphatic carbocycles. The fourth-order valence-electron chi connectivity index (χ4n) is 3.29. The van der Waals surface area contributed by atoms with E-state index in [9.17, 15) is 4.79 Å². The Morgan fingerprint density at radius 1 is 1.32 bits per heavy atom. The van der Waals surface area contributed by atoms with E-state index >= 15 is 0 Å². The molecule has 2 amide bonds. The molecule has 2 aliphatic heterocycles. The fraction of sp³-hybridized carbons (Fsp3) is 0.733. The van der Waals surface area contributed by atoms with Gasteiger partial charge in [-0.05, 0) is 6.42 Å². The number of rotatable bonds is 2. The lowest BCUT2D eigenvalue weighted by molar-refractivity contribution is 0.193. The Balaban J connectivity index is 1.52. The molecule has 2 aliphatic rings. The highest BCUT2D eigenvalue weighted by Gasteiger charge is 2.29. The van der Waals surface area contributed by atoms with Gasteiger partial charge < -0.3 is 15.1 Å². The molecule has 0 spiro atoms. The van der Waals surface area contributed by atoms with Crippen molar-refractivity contribution in [3.8, 4) is 0 Å². The quantitative estimate of drug-likeness (QED) is 0.897. The Kier molecular flexibility index (Phi) is 4.52. The van der Waals surface area contributed by atoms with Crippen LogP contribution in [0.3, 0.4) is 0 Å². The van der Waals surface area contributed by atoms with E-state index in [0.29, 0.717) is 10.5 Å². The molecule has 1 N–H and O–H groups in total. The summed E-state index contributed by atoms with van der Waals surface area (Å²) in [4.78, 5) is 16.7. The highest BCUT2D eigenvalue weighted by molar-refractivity contribution is 8.00. The largest absolute Gasteiger partial charge is 0.367 e. The molecule has 22 heavy (non-hydrogen) atoms. The third kappa shape index (κ3) is 3.51. The maximum Gasteiger partial charge on any atom is 0.317 e. The zero-order chi connectivity index (χ0) is 15.7. The molecule has 6 nitrogen and oxygen atoms in total. The SMILES string of the molecule is C[C@@H]1CN(C(=O)N[C@H]2CCN(c3cnn(C)c3)C2)C[C@H](C)S1. The zero-order valence-electron chi connectivity index (χ0n) is 13.5. The molecule has 0 radical (unpaired) electrons. The van der Waals surface area contributed by atoms with Crippen molar-refractivity contribution in [3.05, 3.63) is 12.4 Å². The number of aromatic nitrogens is 2. The number of carbonyl (C=O) groups excluding carboxylic acids is 1. The number of urea groups is 1. The van der Waals surface area contributed by atoms with Crippen LogP contribution < -0.4 is 10.2 Å². The van der Waals surface area contributed by atoms with Gasteiger partial charge in [0.2, 0.25) is 0 Å². The van der Waals surface area contributed by atoms with Crippen molar-refractivity contribution in [1.29, 1.82) is 0 Å². The van der Waals surface area contributed by atoms with Crippen LogP contribution >= 0.6 is 11.8 Å². The molecular formula is C15H25N5OS. The van der Waals surface area contributed by atoms with Crippen LogP contribution in [0.25, 0.3) is 0 Å². The number of amides is 2. The summed E-state index contributed by atoms with van der Waals surface area (Å²) in [6.45, 7) is 7.92. The topological polar surface area (TPSA) is 53.4 Å². The minimum atomic E-state index is 0.0945. The summed E-state index contributed by atoms with van der Waals surface area (Å²) in [6.07, 6.45) is 4.90. The van der Waals surface area contributed by atoms with Gasteiger partial charge in [0, 0.05) is 56.0 Å².